The minimum absolute atomic E-state index is 0.0321. The Labute approximate surface area is 176 Å². The van der Waals surface area contributed by atoms with E-state index in [2.05, 4.69) is 17.1 Å². The number of hydrogen-bond donors (Lipinski definition) is 0. The molecule has 2 aromatic carbocycles. The molecular weight excluding hydrogens is 376 g/mol. The zero-order chi connectivity index (χ0) is 21.1. The van der Waals surface area contributed by atoms with Crippen molar-refractivity contribution in [2.75, 3.05) is 6.54 Å². The van der Waals surface area contributed by atoms with E-state index in [1.807, 2.05) is 60.4 Å². The van der Waals surface area contributed by atoms with Gasteiger partial charge in [-0.1, -0.05) is 42.0 Å². The summed E-state index contributed by atoms with van der Waals surface area (Å²) in [4.78, 5) is 29.6. The van der Waals surface area contributed by atoms with Gasteiger partial charge in [-0.15, -0.1) is 0 Å². The number of amides is 1. The highest BCUT2D eigenvalue weighted by molar-refractivity contribution is 5.98. The van der Waals surface area contributed by atoms with Gasteiger partial charge in [-0.2, -0.15) is 15.0 Å². The standard InChI is InChI=1S/C24H26N4O2/c1-17-8-11-22(28-25-12-13-26-28)21(14-17)24(30)27-16-19(10-9-18(27)2)15-23(29)20-6-4-3-5-7-20/h3-8,11-14,18-19H,9-10,15-16H2,1-2H3/t18-,19+/m1/s1. The first kappa shape index (κ1) is 20.0. The van der Waals surface area contributed by atoms with Crippen LogP contribution in [0, 0.1) is 12.8 Å². The van der Waals surface area contributed by atoms with Crippen molar-refractivity contribution in [3.63, 3.8) is 0 Å². The number of carbonyl (C=O) groups is 2. The number of aryl methyl sites for hydroxylation is 1. The smallest absolute Gasteiger partial charge is 0.256 e. The number of carbonyl (C=O) groups excluding carboxylic acids is 2. The topological polar surface area (TPSA) is 68.1 Å². The second-order valence-electron chi connectivity index (χ2n) is 8.08. The molecule has 154 valence electrons. The maximum Gasteiger partial charge on any atom is 0.256 e. The van der Waals surface area contributed by atoms with Crippen LogP contribution in [-0.4, -0.2) is 44.2 Å². The van der Waals surface area contributed by atoms with E-state index in [9.17, 15) is 9.59 Å². The lowest BCUT2D eigenvalue weighted by molar-refractivity contribution is 0.0539. The van der Waals surface area contributed by atoms with Gasteiger partial charge in [0, 0.05) is 24.6 Å². The van der Waals surface area contributed by atoms with E-state index in [4.69, 9.17) is 0 Å². The van der Waals surface area contributed by atoms with Gasteiger partial charge in [0.05, 0.1) is 23.6 Å². The highest BCUT2D eigenvalue weighted by Crippen LogP contribution is 2.28. The van der Waals surface area contributed by atoms with Crippen molar-refractivity contribution >= 4 is 11.7 Å². The summed E-state index contributed by atoms with van der Waals surface area (Å²) in [5.41, 5.74) is 3.01. The highest BCUT2D eigenvalue weighted by Gasteiger charge is 2.32. The summed E-state index contributed by atoms with van der Waals surface area (Å²) in [7, 11) is 0. The average molecular weight is 402 g/mol. The maximum atomic E-state index is 13.6. The molecule has 2 atom stereocenters. The van der Waals surface area contributed by atoms with E-state index in [1.54, 1.807) is 12.4 Å². The van der Waals surface area contributed by atoms with E-state index >= 15 is 0 Å². The summed E-state index contributed by atoms with van der Waals surface area (Å²) in [5.74, 6) is 0.267. The second kappa shape index (κ2) is 8.61. The summed E-state index contributed by atoms with van der Waals surface area (Å²) >= 11 is 0. The van der Waals surface area contributed by atoms with Crippen molar-refractivity contribution in [2.24, 2.45) is 5.92 Å². The Kier molecular flexibility index (Phi) is 5.74. The van der Waals surface area contributed by atoms with Crippen LogP contribution in [0.25, 0.3) is 5.69 Å². The average Bonchev–Trinajstić information content (AvgIpc) is 3.30. The molecule has 6 nitrogen and oxygen atoms in total. The van der Waals surface area contributed by atoms with Crippen LogP contribution < -0.4 is 0 Å². The molecule has 0 aliphatic carbocycles. The van der Waals surface area contributed by atoms with Gasteiger partial charge < -0.3 is 4.90 Å². The number of aromatic nitrogens is 3. The minimum Gasteiger partial charge on any atom is -0.336 e. The lowest BCUT2D eigenvalue weighted by Crippen LogP contribution is -2.46. The van der Waals surface area contributed by atoms with Crippen molar-refractivity contribution < 1.29 is 9.59 Å². The van der Waals surface area contributed by atoms with Gasteiger partial charge in [0.2, 0.25) is 0 Å². The van der Waals surface area contributed by atoms with Crippen molar-refractivity contribution in [3.8, 4) is 5.69 Å². The summed E-state index contributed by atoms with van der Waals surface area (Å²) in [6.07, 6.45) is 5.50. The van der Waals surface area contributed by atoms with Crippen molar-refractivity contribution in [3.05, 3.63) is 77.6 Å². The molecule has 0 saturated carbocycles. The van der Waals surface area contributed by atoms with Gasteiger partial charge in [0.25, 0.3) is 5.91 Å². The molecule has 0 radical (unpaired) electrons. The van der Waals surface area contributed by atoms with E-state index in [-0.39, 0.29) is 23.7 Å². The van der Waals surface area contributed by atoms with Crippen LogP contribution in [0.5, 0.6) is 0 Å². The largest absolute Gasteiger partial charge is 0.336 e. The lowest BCUT2D eigenvalue weighted by atomic mass is 9.87. The number of nitrogens with zero attached hydrogens (tertiary/aromatic N) is 4. The predicted molar refractivity (Wildman–Crippen MR) is 115 cm³/mol. The molecule has 1 saturated heterocycles. The number of Topliss-reactive ketones (excluding diaryl/α,β-unsaturated/α-hetero) is 1. The van der Waals surface area contributed by atoms with Crippen LogP contribution in [0.1, 0.15) is 52.5 Å². The van der Waals surface area contributed by atoms with Gasteiger partial charge in [-0.05, 0) is 44.7 Å². The maximum absolute atomic E-state index is 13.6. The molecule has 0 unspecified atom stereocenters. The van der Waals surface area contributed by atoms with Crippen LogP contribution in [-0.2, 0) is 0 Å². The summed E-state index contributed by atoms with van der Waals surface area (Å²) < 4.78 is 0. The molecule has 6 heteroatoms. The Bertz CT molecular complexity index is 1030. The molecule has 1 fully saturated rings. The monoisotopic (exact) mass is 402 g/mol. The van der Waals surface area contributed by atoms with E-state index in [1.165, 1.54) is 4.80 Å². The van der Waals surface area contributed by atoms with Gasteiger partial charge in [0.1, 0.15) is 0 Å². The van der Waals surface area contributed by atoms with Crippen LogP contribution in [0.4, 0.5) is 0 Å². The van der Waals surface area contributed by atoms with Gasteiger partial charge in [-0.3, -0.25) is 9.59 Å². The third-order valence-electron chi connectivity index (χ3n) is 5.83. The zero-order valence-corrected chi connectivity index (χ0v) is 17.4. The van der Waals surface area contributed by atoms with Crippen molar-refractivity contribution in [2.45, 2.75) is 39.2 Å². The summed E-state index contributed by atoms with van der Waals surface area (Å²) in [5, 5.41) is 8.40. The highest BCUT2D eigenvalue weighted by atomic mass is 16.2. The molecule has 1 aliphatic heterocycles. The lowest BCUT2D eigenvalue weighted by Gasteiger charge is -2.38. The summed E-state index contributed by atoms with van der Waals surface area (Å²) in [6.45, 7) is 4.63. The molecule has 3 aromatic rings. The third-order valence-corrected chi connectivity index (χ3v) is 5.83. The van der Waals surface area contributed by atoms with Gasteiger partial charge in [0.15, 0.2) is 5.78 Å². The number of rotatable bonds is 5. The Morgan fingerprint density at radius 2 is 1.77 bits per heavy atom. The van der Waals surface area contributed by atoms with Crippen LogP contribution >= 0.6 is 0 Å². The SMILES string of the molecule is Cc1ccc(-n2nccn2)c(C(=O)N2C[C@H](CC(=O)c3ccccc3)CC[C@H]2C)c1. The van der Waals surface area contributed by atoms with Crippen LogP contribution in [0.3, 0.4) is 0 Å². The van der Waals surface area contributed by atoms with E-state index in [0.29, 0.717) is 24.2 Å². The first-order chi connectivity index (χ1) is 14.5. The van der Waals surface area contributed by atoms with Gasteiger partial charge >= 0.3 is 0 Å². The third kappa shape index (κ3) is 4.17. The second-order valence-corrected chi connectivity index (χ2v) is 8.08. The minimum atomic E-state index is -0.0321. The fourth-order valence-electron chi connectivity index (χ4n) is 4.13. The first-order valence-corrected chi connectivity index (χ1v) is 10.4. The molecule has 30 heavy (non-hydrogen) atoms. The molecule has 4 rings (SSSR count). The Balaban J connectivity index is 1.55. The molecular formula is C24H26N4O2. The first-order valence-electron chi connectivity index (χ1n) is 10.4. The molecule has 1 aliphatic rings. The quantitative estimate of drug-likeness (QED) is 0.603. The molecule has 0 N–H and O–H groups in total. The number of piperidine rings is 1. The summed E-state index contributed by atoms with van der Waals surface area (Å²) in [6, 6.07) is 15.2. The van der Waals surface area contributed by atoms with Crippen LogP contribution in [0.2, 0.25) is 0 Å². The number of likely N-dealkylation sites (tertiary alicyclic amines) is 1. The fourth-order valence-corrected chi connectivity index (χ4v) is 4.13. The number of ketones is 1. The van der Waals surface area contributed by atoms with Crippen molar-refractivity contribution in [1.82, 2.24) is 19.9 Å². The molecule has 2 heterocycles. The van der Waals surface area contributed by atoms with Crippen molar-refractivity contribution in [1.29, 1.82) is 0 Å². The number of benzene rings is 2. The van der Waals surface area contributed by atoms with E-state index in [0.717, 1.165) is 24.0 Å². The Hall–Kier alpha value is -3.28. The Morgan fingerprint density at radius 1 is 1.03 bits per heavy atom. The fraction of sp³-hybridized carbons (Fsp3) is 0.333. The molecule has 0 spiro atoms. The normalized spacial score (nSPS) is 18.9. The molecule has 0 bridgehead atoms. The van der Waals surface area contributed by atoms with E-state index < -0.39 is 0 Å². The van der Waals surface area contributed by atoms with Crippen LogP contribution in [0.15, 0.2) is 60.9 Å². The van der Waals surface area contributed by atoms with Gasteiger partial charge in [-0.25, -0.2) is 0 Å². The zero-order valence-electron chi connectivity index (χ0n) is 17.4. The molecule has 1 aromatic heterocycles. The number of hydrogen-bond acceptors (Lipinski definition) is 4. The molecule has 1 amide bonds. The Morgan fingerprint density at radius 3 is 2.50 bits per heavy atom. The predicted octanol–water partition coefficient (Wildman–Crippen LogP) is 4.09.